The van der Waals surface area contributed by atoms with Gasteiger partial charge >= 0.3 is 0 Å². The number of aromatic nitrogens is 2. The number of rotatable bonds is 6. The van der Waals surface area contributed by atoms with Crippen LogP contribution in [0.5, 0.6) is 0 Å². The van der Waals surface area contributed by atoms with E-state index < -0.39 is 0 Å². The fraction of sp³-hybridized carbons (Fsp3) is 0.600. The summed E-state index contributed by atoms with van der Waals surface area (Å²) in [7, 11) is 2.15. The second-order valence-electron chi connectivity index (χ2n) is 5.49. The van der Waals surface area contributed by atoms with Gasteiger partial charge in [0.15, 0.2) is 0 Å². The molecule has 0 radical (unpaired) electrons. The maximum Gasteiger partial charge on any atom is 0.225 e. The van der Waals surface area contributed by atoms with E-state index in [-0.39, 0.29) is 0 Å². The lowest BCUT2D eigenvalue weighted by Crippen LogP contribution is -2.45. The molecule has 20 heavy (non-hydrogen) atoms. The molecule has 0 spiro atoms. The van der Waals surface area contributed by atoms with Gasteiger partial charge in [-0.05, 0) is 20.4 Å². The molecule has 110 valence electrons. The largest absolute Gasteiger partial charge is 0.338 e. The van der Waals surface area contributed by atoms with Gasteiger partial charge in [0, 0.05) is 56.7 Å². The molecule has 2 heterocycles. The lowest BCUT2D eigenvalue weighted by Gasteiger charge is -2.32. The molecule has 1 fully saturated rings. The van der Waals surface area contributed by atoms with E-state index in [1.807, 2.05) is 18.5 Å². The predicted octanol–water partition coefficient (Wildman–Crippen LogP) is 1.28. The van der Waals surface area contributed by atoms with Crippen molar-refractivity contribution >= 4 is 5.95 Å². The highest BCUT2D eigenvalue weighted by molar-refractivity contribution is 5.30. The molecule has 0 aromatic carbocycles. The normalized spacial score (nSPS) is 18.0. The Labute approximate surface area is 121 Å². The summed E-state index contributed by atoms with van der Waals surface area (Å²) < 4.78 is 0. The lowest BCUT2D eigenvalue weighted by molar-refractivity contribution is 0.311. The SMILES string of the molecule is C=CC[C@@H](C)NCc1cnc(N2CCN(C)CC2)nc1. The average Bonchev–Trinajstić information content (AvgIpc) is 2.47. The second kappa shape index (κ2) is 7.36. The van der Waals surface area contributed by atoms with Gasteiger partial charge in [0.05, 0.1) is 0 Å². The predicted molar refractivity (Wildman–Crippen MR) is 82.9 cm³/mol. The van der Waals surface area contributed by atoms with Crippen LogP contribution >= 0.6 is 0 Å². The number of hydrogen-bond acceptors (Lipinski definition) is 5. The third-order valence-corrected chi connectivity index (χ3v) is 3.65. The summed E-state index contributed by atoms with van der Waals surface area (Å²) in [5.41, 5.74) is 1.12. The molecule has 1 atom stereocenters. The number of likely N-dealkylation sites (N-methyl/N-ethyl adjacent to an activating group) is 1. The van der Waals surface area contributed by atoms with Crippen molar-refractivity contribution in [2.24, 2.45) is 0 Å². The van der Waals surface area contributed by atoms with E-state index >= 15 is 0 Å². The Morgan fingerprint density at radius 1 is 1.30 bits per heavy atom. The molecule has 1 N–H and O–H groups in total. The Morgan fingerprint density at radius 2 is 1.95 bits per heavy atom. The van der Waals surface area contributed by atoms with Crippen molar-refractivity contribution in [1.82, 2.24) is 20.2 Å². The van der Waals surface area contributed by atoms with Crippen molar-refractivity contribution in [2.75, 3.05) is 38.1 Å². The first-order valence-corrected chi connectivity index (χ1v) is 7.27. The standard InChI is InChI=1S/C15H25N5/c1-4-5-13(2)16-10-14-11-17-15(18-12-14)20-8-6-19(3)7-9-20/h4,11-13,16H,1,5-10H2,2-3H3/t13-/m1/s1. The zero-order valence-corrected chi connectivity index (χ0v) is 12.5. The van der Waals surface area contributed by atoms with E-state index in [9.17, 15) is 0 Å². The van der Waals surface area contributed by atoms with E-state index in [1.165, 1.54) is 0 Å². The van der Waals surface area contributed by atoms with Crippen molar-refractivity contribution in [2.45, 2.75) is 25.9 Å². The van der Waals surface area contributed by atoms with E-state index in [2.05, 4.69) is 45.6 Å². The molecule has 0 unspecified atom stereocenters. The maximum absolute atomic E-state index is 4.49. The van der Waals surface area contributed by atoms with Crippen LogP contribution in [-0.4, -0.2) is 54.1 Å². The van der Waals surface area contributed by atoms with E-state index in [0.29, 0.717) is 6.04 Å². The molecule has 0 saturated carbocycles. The van der Waals surface area contributed by atoms with Gasteiger partial charge in [-0.25, -0.2) is 9.97 Å². The van der Waals surface area contributed by atoms with Crippen molar-refractivity contribution in [3.63, 3.8) is 0 Å². The topological polar surface area (TPSA) is 44.3 Å². The first kappa shape index (κ1) is 14.9. The minimum atomic E-state index is 0.435. The Kier molecular flexibility index (Phi) is 5.49. The van der Waals surface area contributed by atoms with Gasteiger partial charge in [0.2, 0.25) is 5.95 Å². The van der Waals surface area contributed by atoms with Crippen LogP contribution in [0.2, 0.25) is 0 Å². The molecule has 1 aromatic heterocycles. The minimum absolute atomic E-state index is 0.435. The van der Waals surface area contributed by atoms with Gasteiger partial charge in [-0.3, -0.25) is 0 Å². The summed E-state index contributed by atoms with van der Waals surface area (Å²) in [5, 5.41) is 3.43. The molecule has 0 aliphatic carbocycles. The molecule has 2 rings (SSSR count). The molecule has 1 aromatic rings. The maximum atomic E-state index is 4.49. The highest BCUT2D eigenvalue weighted by atomic mass is 15.3. The summed E-state index contributed by atoms with van der Waals surface area (Å²) in [6, 6.07) is 0.435. The van der Waals surface area contributed by atoms with Gasteiger partial charge in [0.25, 0.3) is 0 Å². The fourth-order valence-electron chi connectivity index (χ4n) is 2.23. The molecule has 1 saturated heterocycles. The average molecular weight is 275 g/mol. The van der Waals surface area contributed by atoms with Gasteiger partial charge < -0.3 is 15.1 Å². The quantitative estimate of drug-likeness (QED) is 0.792. The van der Waals surface area contributed by atoms with Gasteiger partial charge in [-0.1, -0.05) is 6.08 Å². The highest BCUT2D eigenvalue weighted by Gasteiger charge is 2.15. The Morgan fingerprint density at radius 3 is 2.55 bits per heavy atom. The van der Waals surface area contributed by atoms with Crippen LogP contribution in [0.25, 0.3) is 0 Å². The van der Waals surface area contributed by atoms with Crippen LogP contribution in [0, 0.1) is 0 Å². The van der Waals surface area contributed by atoms with Crippen LogP contribution < -0.4 is 10.2 Å². The van der Waals surface area contributed by atoms with Crippen LogP contribution in [0.4, 0.5) is 5.95 Å². The number of nitrogens with one attached hydrogen (secondary N) is 1. The molecule has 5 nitrogen and oxygen atoms in total. The summed E-state index contributed by atoms with van der Waals surface area (Å²) >= 11 is 0. The number of hydrogen-bond donors (Lipinski definition) is 1. The Balaban J connectivity index is 1.85. The monoisotopic (exact) mass is 275 g/mol. The number of nitrogens with zero attached hydrogens (tertiary/aromatic N) is 4. The fourth-order valence-corrected chi connectivity index (χ4v) is 2.23. The van der Waals surface area contributed by atoms with Gasteiger partial charge in [0.1, 0.15) is 0 Å². The molecule has 0 amide bonds. The van der Waals surface area contributed by atoms with E-state index in [1.54, 1.807) is 0 Å². The third-order valence-electron chi connectivity index (χ3n) is 3.65. The van der Waals surface area contributed by atoms with Crippen LogP contribution in [0.3, 0.4) is 0 Å². The Bertz CT molecular complexity index is 409. The molecule has 5 heteroatoms. The zero-order chi connectivity index (χ0) is 14.4. The van der Waals surface area contributed by atoms with Crippen molar-refractivity contribution in [1.29, 1.82) is 0 Å². The lowest BCUT2D eigenvalue weighted by atomic mass is 10.2. The van der Waals surface area contributed by atoms with Crippen molar-refractivity contribution in [3.8, 4) is 0 Å². The molecule has 1 aliphatic heterocycles. The third kappa shape index (κ3) is 4.28. The summed E-state index contributed by atoms with van der Waals surface area (Å²) in [4.78, 5) is 13.6. The van der Waals surface area contributed by atoms with E-state index in [4.69, 9.17) is 0 Å². The summed E-state index contributed by atoms with van der Waals surface area (Å²) in [5.74, 6) is 0.848. The minimum Gasteiger partial charge on any atom is -0.338 e. The Hall–Kier alpha value is -1.46. The van der Waals surface area contributed by atoms with Crippen LogP contribution in [0.15, 0.2) is 25.0 Å². The molecular weight excluding hydrogens is 250 g/mol. The zero-order valence-electron chi connectivity index (χ0n) is 12.5. The molecule has 0 bridgehead atoms. The second-order valence-corrected chi connectivity index (χ2v) is 5.49. The molecule has 1 aliphatic rings. The van der Waals surface area contributed by atoms with E-state index in [0.717, 1.165) is 50.7 Å². The van der Waals surface area contributed by atoms with Gasteiger partial charge in [-0.15, -0.1) is 6.58 Å². The van der Waals surface area contributed by atoms with Crippen molar-refractivity contribution in [3.05, 3.63) is 30.6 Å². The first-order valence-electron chi connectivity index (χ1n) is 7.27. The summed E-state index contributed by atoms with van der Waals surface area (Å²) in [6.07, 6.45) is 6.76. The van der Waals surface area contributed by atoms with Crippen LogP contribution in [0.1, 0.15) is 18.9 Å². The number of piperazine rings is 1. The van der Waals surface area contributed by atoms with Gasteiger partial charge in [-0.2, -0.15) is 0 Å². The smallest absolute Gasteiger partial charge is 0.225 e. The summed E-state index contributed by atoms with van der Waals surface area (Å²) in [6.45, 7) is 10.9. The van der Waals surface area contributed by atoms with Crippen molar-refractivity contribution < 1.29 is 0 Å². The number of anilines is 1. The first-order chi connectivity index (χ1) is 9.69. The molecular formula is C15H25N5. The highest BCUT2D eigenvalue weighted by Crippen LogP contribution is 2.10. The van der Waals surface area contributed by atoms with Crippen LogP contribution in [-0.2, 0) is 6.54 Å².